The van der Waals surface area contributed by atoms with Crippen molar-refractivity contribution in [1.82, 2.24) is 15.2 Å². The highest BCUT2D eigenvalue weighted by Crippen LogP contribution is 2.15. The molecule has 0 aromatic carbocycles. The van der Waals surface area contributed by atoms with Crippen LogP contribution in [0.4, 0.5) is 5.95 Å². The normalized spacial score (nSPS) is 11.0. The van der Waals surface area contributed by atoms with E-state index in [0.29, 0.717) is 5.82 Å². The SMILES string of the molecule is O=C(/C=C/c1ccsc1)Nc1n[nH]c(-c2ccoc2)n1. The summed E-state index contributed by atoms with van der Waals surface area (Å²) in [4.78, 5) is 15.8. The molecule has 0 aliphatic carbocycles. The number of rotatable bonds is 4. The summed E-state index contributed by atoms with van der Waals surface area (Å²) in [7, 11) is 0. The maximum Gasteiger partial charge on any atom is 0.250 e. The van der Waals surface area contributed by atoms with E-state index in [4.69, 9.17) is 4.42 Å². The molecule has 20 heavy (non-hydrogen) atoms. The van der Waals surface area contributed by atoms with E-state index in [9.17, 15) is 4.79 Å². The monoisotopic (exact) mass is 286 g/mol. The Balaban J connectivity index is 1.65. The minimum atomic E-state index is -0.283. The highest BCUT2D eigenvalue weighted by atomic mass is 32.1. The predicted octanol–water partition coefficient (Wildman–Crippen LogP) is 2.78. The first-order chi connectivity index (χ1) is 9.81. The molecule has 0 bridgehead atoms. The third-order valence-corrected chi connectivity index (χ3v) is 3.19. The molecule has 2 N–H and O–H groups in total. The number of amides is 1. The molecule has 0 radical (unpaired) electrons. The minimum Gasteiger partial charge on any atom is -0.472 e. The molecule has 100 valence electrons. The molecule has 0 saturated carbocycles. The first kappa shape index (κ1) is 12.4. The van der Waals surface area contributed by atoms with Crippen LogP contribution in [0.1, 0.15) is 5.56 Å². The van der Waals surface area contributed by atoms with Crippen LogP contribution in [0, 0.1) is 0 Å². The topological polar surface area (TPSA) is 83.8 Å². The Labute approximate surface area is 118 Å². The minimum absolute atomic E-state index is 0.223. The average molecular weight is 286 g/mol. The Bertz CT molecular complexity index is 713. The molecule has 3 aromatic heterocycles. The molecule has 0 fully saturated rings. The Hall–Kier alpha value is -2.67. The highest BCUT2D eigenvalue weighted by Gasteiger charge is 2.07. The summed E-state index contributed by atoms with van der Waals surface area (Å²) in [6.07, 6.45) is 6.26. The fourth-order valence-corrected chi connectivity index (χ4v) is 2.17. The molecule has 0 atom stereocenters. The van der Waals surface area contributed by atoms with E-state index in [1.54, 1.807) is 36.0 Å². The summed E-state index contributed by atoms with van der Waals surface area (Å²) >= 11 is 1.58. The largest absolute Gasteiger partial charge is 0.472 e. The molecule has 7 heteroatoms. The van der Waals surface area contributed by atoms with E-state index in [2.05, 4.69) is 20.5 Å². The van der Waals surface area contributed by atoms with Crippen molar-refractivity contribution in [2.45, 2.75) is 0 Å². The molecule has 3 heterocycles. The van der Waals surface area contributed by atoms with E-state index in [1.807, 2.05) is 16.8 Å². The van der Waals surface area contributed by atoms with Crippen LogP contribution in [-0.4, -0.2) is 21.1 Å². The maximum atomic E-state index is 11.7. The van der Waals surface area contributed by atoms with Crippen molar-refractivity contribution in [3.63, 3.8) is 0 Å². The van der Waals surface area contributed by atoms with Crippen LogP contribution in [0.2, 0.25) is 0 Å². The number of carbonyl (C=O) groups excluding carboxylic acids is 1. The number of hydrogen-bond donors (Lipinski definition) is 2. The zero-order valence-electron chi connectivity index (χ0n) is 10.2. The van der Waals surface area contributed by atoms with Gasteiger partial charge in [0.25, 0.3) is 5.91 Å². The van der Waals surface area contributed by atoms with Crippen LogP contribution in [0.3, 0.4) is 0 Å². The Morgan fingerprint density at radius 3 is 3.15 bits per heavy atom. The third kappa shape index (κ3) is 2.83. The molecule has 6 nitrogen and oxygen atoms in total. The van der Waals surface area contributed by atoms with Crippen molar-refractivity contribution >= 4 is 29.3 Å². The first-order valence-corrected chi connectivity index (χ1v) is 6.72. The van der Waals surface area contributed by atoms with E-state index < -0.39 is 0 Å². The van der Waals surface area contributed by atoms with Gasteiger partial charge in [-0.05, 0) is 34.5 Å². The molecule has 3 rings (SSSR count). The van der Waals surface area contributed by atoms with Crippen molar-refractivity contribution in [3.8, 4) is 11.4 Å². The number of anilines is 1. The lowest BCUT2D eigenvalue weighted by molar-refractivity contribution is -0.111. The fourth-order valence-electron chi connectivity index (χ4n) is 1.54. The second-order valence-electron chi connectivity index (χ2n) is 3.90. The highest BCUT2D eigenvalue weighted by molar-refractivity contribution is 7.08. The van der Waals surface area contributed by atoms with Crippen LogP contribution in [-0.2, 0) is 4.79 Å². The lowest BCUT2D eigenvalue weighted by Crippen LogP contribution is -2.08. The quantitative estimate of drug-likeness (QED) is 0.722. The second kappa shape index (κ2) is 5.54. The van der Waals surface area contributed by atoms with Gasteiger partial charge in [0, 0.05) is 6.08 Å². The second-order valence-corrected chi connectivity index (χ2v) is 4.68. The van der Waals surface area contributed by atoms with Crippen LogP contribution in [0.25, 0.3) is 17.5 Å². The van der Waals surface area contributed by atoms with Gasteiger partial charge in [-0.2, -0.15) is 16.3 Å². The van der Waals surface area contributed by atoms with Gasteiger partial charge in [-0.15, -0.1) is 5.10 Å². The van der Waals surface area contributed by atoms with Gasteiger partial charge in [0.15, 0.2) is 5.82 Å². The summed E-state index contributed by atoms with van der Waals surface area (Å²) in [6.45, 7) is 0. The number of nitrogens with one attached hydrogen (secondary N) is 2. The van der Waals surface area contributed by atoms with Crippen LogP contribution in [0.5, 0.6) is 0 Å². The first-order valence-electron chi connectivity index (χ1n) is 5.77. The van der Waals surface area contributed by atoms with Crippen molar-refractivity contribution in [1.29, 1.82) is 0 Å². The lowest BCUT2D eigenvalue weighted by atomic mass is 10.3. The van der Waals surface area contributed by atoms with Gasteiger partial charge in [-0.25, -0.2) is 0 Å². The van der Waals surface area contributed by atoms with E-state index in [1.165, 1.54) is 6.08 Å². The van der Waals surface area contributed by atoms with Crippen LogP contribution < -0.4 is 5.32 Å². The van der Waals surface area contributed by atoms with Crippen LogP contribution >= 0.6 is 11.3 Å². The molecule has 1 amide bonds. The molecule has 0 spiro atoms. The molecule has 0 saturated heterocycles. The molecule has 3 aromatic rings. The lowest BCUT2D eigenvalue weighted by Gasteiger charge is -1.93. The summed E-state index contributed by atoms with van der Waals surface area (Å²) in [6, 6.07) is 3.68. The van der Waals surface area contributed by atoms with Gasteiger partial charge in [-0.3, -0.25) is 15.2 Å². The molecular weight excluding hydrogens is 276 g/mol. The van der Waals surface area contributed by atoms with Gasteiger partial charge in [0.05, 0.1) is 11.8 Å². The van der Waals surface area contributed by atoms with E-state index in [0.717, 1.165) is 11.1 Å². The van der Waals surface area contributed by atoms with Gasteiger partial charge < -0.3 is 4.42 Å². The zero-order valence-corrected chi connectivity index (χ0v) is 11.1. The van der Waals surface area contributed by atoms with Gasteiger partial charge in [0.1, 0.15) is 6.26 Å². The Kier molecular flexibility index (Phi) is 3.42. The van der Waals surface area contributed by atoms with E-state index >= 15 is 0 Å². The molecule has 0 aliphatic rings. The third-order valence-electron chi connectivity index (χ3n) is 2.49. The number of furan rings is 1. The van der Waals surface area contributed by atoms with Gasteiger partial charge >= 0.3 is 0 Å². The average Bonchev–Trinajstić information content (AvgIpc) is 3.18. The number of nitrogens with zero attached hydrogens (tertiary/aromatic N) is 2. The zero-order chi connectivity index (χ0) is 13.8. The standard InChI is InChI=1S/C13H10N4O2S/c18-11(2-1-9-4-6-20-8-9)14-13-15-12(16-17-13)10-3-5-19-7-10/h1-8H,(H2,14,15,16,17,18)/b2-1+. The van der Waals surface area contributed by atoms with Gasteiger partial charge in [-0.1, -0.05) is 0 Å². The van der Waals surface area contributed by atoms with Crippen molar-refractivity contribution in [2.75, 3.05) is 5.32 Å². The predicted molar refractivity (Wildman–Crippen MR) is 76.1 cm³/mol. The Morgan fingerprint density at radius 2 is 2.40 bits per heavy atom. The number of aromatic nitrogens is 3. The fraction of sp³-hybridized carbons (Fsp3) is 0. The van der Waals surface area contributed by atoms with Gasteiger partial charge in [0.2, 0.25) is 5.95 Å². The molecular formula is C13H10N4O2S. The number of H-pyrrole nitrogens is 1. The summed E-state index contributed by atoms with van der Waals surface area (Å²) < 4.78 is 4.95. The molecule has 0 unspecified atom stereocenters. The van der Waals surface area contributed by atoms with Crippen molar-refractivity contribution < 1.29 is 9.21 Å². The summed E-state index contributed by atoms with van der Waals surface area (Å²) in [5, 5.41) is 13.1. The number of carbonyl (C=O) groups is 1. The number of hydrogen-bond acceptors (Lipinski definition) is 5. The van der Waals surface area contributed by atoms with E-state index in [-0.39, 0.29) is 11.9 Å². The molecule has 0 aliphatic heterocycles. The maximum absolute atomic E-state index is 11.7. The summed E-state index contributed by atoms with van der Waals surface area (Å²) in [5.41, 5.74) is 1.76. The number of aromatic amines is 1. The van der Waals surface area contributed by atoms with Crippen molar-refractivity contribution in [3.05, 3.63) is 47.1 Å². The van der Waals surface area contributed by atoms with Crippen LogP contribution in [0.15, 0.2) is 45.9 Å². The smallest absolute Gasteiger partial charge is 0.250 e. The van der Waals surface area contributed by atoms with Crippen molar-refractivity contribution in [2.24, 2.45) is 0 Å². The Morgan fingerprint density at radius 1 is 1.45 bits per heavy atom. The number of thiophene rings is 1. The summed E-state index contributed by atoms with van der Waals surface area (Å²) in [5.74, 6) is 0.478.